The molecule has 1 heterocycles. The molecule has 0 aliphatic carbocycles. The third-order valence-corrected chi connectivity index (χ3v) is 1.99. The molecule has 13 heavy (non-hydrogen) atoms. The van der Waals surface area contributed by atoms with Crippen molar-refractivity contribution in [3.8, 4) is 0 Å². The number of rotatable bonds is 2. The Morgan fingerprint density at radius 3 is 3.00 bits per heavy atom. The van der Waals surface area contributed by atoms with Gasteiger partial charge in [0, 0.05) is 17.4 Å². The van der Waals surface area contributed by atoms with Gasteiger partial charge in [-0.25, -0.2) is 4.98 Å². The largest absolute Gasteiger partial charge is 0.469 e. The summed E-state index contributed by atoms with van der Waals surface area (Å²) in [5.74, 6) is -0.323. The van der Waals surface area contributed by atoms with Crippen molar-refractivity contribution in [1.82, 2.24) is 4.98 Å². The maximum absolute atomic E-state index is 10.9. The molecule has 0 aliphatic heterocycles. The van der Waals surface area contributed by atoms with Crippen LogP contribution in [0.1, 0.15) is 5.56 Å². The van der Waals surface area contributed by atoms with Crippen molar-refractivity contribution in [3.63, 3.8) is 0 Å². The van der Waals surface area contributed by atoms with E-state index in [4.69, 9.17) is 5.73 Å². The summed E-state index contributed by atoms with van der Waals surface area (Å²) in [4.78, 5) is 14.9. The highest BCUT2D eigenvalue weighted by Gasteiger charge is 2.06. The number of ether oxygens (including phenoxy) is 1. The van der Waals surface area contributed by atoms with E-state index in [1.54, 1.807) is 12.3 Å². The number of halogens is 1. The number of anilines is 1. The van der Waals surface area contributed by atoms with Gasteiger partial charge in [-0.2, -0.15) is 0 Å². The van der Waals surface area contributed by atoms with Gasteiger partial charge >= 0.3 is 5.97 Å². The second-order valence-electron chi connectivity index (χ2n) is 2.46. The molecule has 0 bridgehead atoms. The molecule has 0 aromatic carbocycles. The monoisotopic (exact) mass is 244 g/mol. The Morgan fingerprint density at radius 1 is 1.77 bits per heavy atom. The van der Waals surface area contributed by atoms with Gasteiger partial charge in [-0.1, -0.05) is 0 Å². The van der Waals surface area contributed by atoms with Gasteiger partial charge in [0.25, 0.3) is 0 Å². The van der Waals surface area contributed by atoms with Crippen LogP contribution >= 0.6 is 15.9 Å². The van der Waals surface area contributed by atoms with Crippen molar-refractivity contribution in [3.05, 3.63) is 22.4 Å². The first kappa shape index (κ1) is 9.98. The Bertz CT molecular complexity index is 328. The number of carbonyl (C=O) groups is 1. The first-order valence-electron chi connectivity index (χ1n) is 3.60. The van der Waals surface area contributed by atoms with Gasteiger partial charge in [0.05, 0.1) is 13.5 Å². The van der Waals surface area contributed by atoms with Crippen LogP contribution in [0.15, 0.2) is 16.9 Å². The van der Waals surface area contributed by atoms with E-state index in [0.717, 1.165) is 0 Å². The van der Waals surface area contributed by atoms with Crippen LogP contribution in [0.2, 0.25) is 0 Å². The maximum atomic E-state index is 10.9. The van der Waals surface area contributed by atoms with Crippen molar-refractivity contribution in [2.24, 2.45) is 0 Å². The molecule has 5 heteroatoms. The van der Waals surface area contributed by atoms with Gasteiger partial charge in [-0.15, -0.1) is 0 Å². The van der Waals surface area contributed by atoms with E-state index in [1.165, 1.54) is 7.11 Å². The average Bonchev–Trinajstić information content (AvgIpc) is 2.09. The fraction of sp³-hybridized carbons (Fsp3) is 0.250. The number of carbonyl (C=O) groups excluding carboxylic acids is 1. The smallest absolute Gasteiger partial charge is 0.310 e. The number of hydrogen-bond acceptors (Lipinski definition) is 4. The molecule has 0 unspecified atom stereocenters. The number of nitrogens with two attached hydrogens (primary N) is 1. The summed E-state index contributed by atoms with van der Waals surface area (Å²) in [7, 11) is 1.34. The van der Waals surface area contributed by atoms with E-state index in [9.17, 15) is 4.79 Å². The summed E-state index contributed by atoms with van der Waals surface area (Å²) in [6, 6.07) is 1.65. The lowest BCUT2D eigenvalue weighted by Crippen LogP contribution is -2.07. The first-order chi connectivity index (χ1) is 6.13. The lowest BCUT2D eigenvalue weighted by atomic mass is 10.2. The van der Waals surface area contributed by atoms with Crippen LogP contribution in [-0.2, 0) is 16.0 Å². The van der Waals surface area contributed by atoms with Crippen LogP contribution < -0.4 is 5.73 Å². The Kier molecular flexibility index (Phi) is 3.25. The zero-order valence-electron chi connectivity index (χ0n) is 7.08. The summed E-state index contributed by atoms with van der Waals surface area (Å²) in [5, 5.41) is 0. The maximum Gasteiger partial charge on any atom is 0.310 e. The highest BCUT2D eigenvalue weighted by molar-refractivity contribution is 9.10. The Labute approximate surface area is 84.2 Å². The van der Waals surface area contributed by atoms with Crippen LogP contribution in [0.5, 0.6) is 0 Å². The quantitative estimate of drug-likeness (QED) is 0.626. The molecule has 0 atom stereocenters. The molecular weight excluding hydrogens is 236 g/mol. The molecule has 2 N–H and O–H groups in total. The zero-order chi connectivity index (χ0) is 9.84. The second kappa shape index (κ2) is 4.23. The van der Waals surface area contributed by atoms with Crippen molar-refractivity contribution in [2.75, 3.05) is 12.8 Å². The fourth-order valence-electron chi connectivity index (χ4n) is 0.848. The summed E-state index contributed by atoms with van der Waals surface area (Å²) in [6.07, 6.45) is 1.71. The molecule has 1 aromatic heterocycles. The highest BCUT2D eigenvalue weighted by atomic mass is 79.9. The van der Waals surface area contributed by atoms with Crippen molar-refractivity contribution >= 4 is 27.6 Å². The average molecular weight is 245 g/mol. The number of pyridine rings is 1. The molecule has 1 aromatic rings. The van der Waals surface area contributed by atoms with Crippen molar-refractivity contribution in [2.45, 2.75) is 6.42 Å². The number of hydrogen-bond donors (Lipinski definition) is 1. The molecule has 4 nitrogen and oxygen atoms in total. The van der Waals surface area contributed by atoms with Gasteiger partial charge in [0.1, 0.15) is 4.60 Å². The zero-order valence-corrected chi connectivity index (χ0v) is 8.67. The minimum absolute atomic E-state index is 0.155. The molecule has 0 saturated heterocycles. The lowest BCUT2D eigenvalue weighted by molar-refractivity contribution is -0.139. The van der Waals surface area contributed by atoms with Crippen molar-refractivity contribution in [1.29, 1.82) is 0 Å². The van der Waals surface area contributed by atoms with Crippen LogP contribution in [0.3, 0.4) is 0 Å². The first-order valence-corrected chi connectivity index (χ1v) is 4.39. The Hall–Kier alpha value is -1.10. The third-order valence-electron chi connectivity index (χ3n) is 1.55. The number of nitrogen functional groups attached to an aromatic ring is 1. The Balaban J connectivity index is 2.83. The molecule has 0 amide bonds. The Morgan fingerprint density at radius 2 is 2.46 bits per heavy atom. The van der Waals surface area contributed by atoms with E-state index in [-0.39, 0.29) is 12.4 Å². The van der Waals surface area contributed by atoms with Gasteiger partial charge in [0.15, 0.2) is 0 Å². The lowest BCUT2D eigenvalue weighted by Gasteiger charge is -2.03. The van der Waals surface area contributed by atoms with Gasteiger partial charge in [-0.3, -0.25) is 4.79 Å². The molecule has 70 valence electrons. The molecule has 1 rings (SSSR count). The van der Waals surface area contributed by atoms with E-state index < -0.39 is 0 Å². The second-order valence-corrected chi connectivity index (χ2v) is 3.27. The predicted molar refractivity (Wildman–Crippen MR) is 52.1 cm³/mol. The van der Waals surface area contributed by atoms with Crippen LogP contribution in [0.4, 0.5) is 5.69 Å². The summed E-state index contributed by atoms with van der Waals surface area (Å²) < 4.78 is 5.16. The van der Waals surface area contributed by atoms with E-state index in [2.05, 4.69) is 25.7 Å². The van der Waals surface area contributed by atoms with Crippen LogP contribution in [0, 0.1) is 0 Å². The van der Waals surface area contributed by atoms with Gasteiger partial charge in [-0.05, 0) is 22.0 Å². The van der Waals surface area contributed by atoms with Crippen molar-refractivity contribution < 1.29 is 9.53 Å². The van der Waals surface area contributed by atoms with E-state index in [0.29, 0.717) is 15.9 Å². The number of esters is 1. The number of methoxy groups -OCH3 is 1. The van der Waals surface area contributed by atoms with Gasteiger partial charge in [0.2, 0.25) is 0 Å². The van der Waals surface area contributed by atoms with Gasteiger partial charge < -0.3 is 10.5 Å². The number of aromatic nitrogens is 1. The molecule has 0 radical (unpaired) electrons. The topological polar surface area (TPSA) is 65.2 Å². The standard InChI is InChI=1S/C8H9BrN2O2/c1-13-8(12)2-5-4-11-7(9)3-6(5)10/h3-4H,2H2,1H3,(H2,10,11). The summed E-state index contributed by atoms with van der Waals surface area (Å²) in [5.41, 5.74) is 6.86. The SMILES string of the molecule is COC(=O)Cc1cnc(Br)cc1N. The minimum atomic E-state index is -0.323. The predicted octanol–water partition coefficient (Wildman–Crippen LogP) is 1.14. The van der Waals surface area contributed by atoms with Crippen LogP contribution in [0.25, 0.3) is 0 Å². The molecule has 0 spiro atoms. The third kappa shape index (κ3) is 2.69. The summed E-state index contributed by atoms with van der Waals surface area (Å²) >= 11 is 3.17. The fourth-order valence-corrected chi connectivity index (χ4v) is 1.20. The molecule has 0 saturated carbocycles. The number of nitrogens with zero attached hydrogens (tertiary/aromatic N) is 1. The van der Waals surface area contributed by atoms with Crippen LogP contribution in [-0.4, -0.2) is 18.1 Å². The van der Waals surface area contributed by atoms with E-state index in [1.807, 2.05) is 0 Å². The van der Waals surface area contributed by atoms with E-state index >= 15 is 0 Å². The normalized spacial score (nSPS) is 9.69. The summed E-state index contributed by atoms with van der Waals surface area (Å²) in [6.45, 7) is 0. The minimum Gasteiger partial charge on any atom is -0.469 e. The molecule has 0 fully saturated rings. The molecule has 0 aliphatic rings. The molecular formula is C8H9BrN2O2. The highest BCUT2D eigenvalue weighted by Crippen LogP contribution is 2.16.